The molecule has 0 saturated heterocycles. The first-order valence-electron chi connectivity index (χ1n) is 7.24. The molecule has 0 saturated carbocycles. The number of hydrogen-bond donors (Lipinski definition) is 2. The maximum atomic E-state index is 12.7. The maximum absolute atomic E-state index is 12.7. The second kappa shape index (κ2) is 6.04. The molecule has 0 bridgehead atoms. The van der Waals surface area contributed by atoms with E-state index in [1.807, 2.05) is 43.3 Å². The number of nitrogens with one attached hydrogen (secondary N) is 2. The maximum Gasteiger partial charge on any atom is 0.258 e. The predicted molar refractivity (Wildman–Crippen MR) is 90.5 cm³/mol. The summed E-state index contributed by atoms with van der Waals surface area (Å²) < 4.78 is 10.5. The van der Waals surface area contributed by atoms with E-state index < -0.39 is 0 Å². The molecule has 0 unspecified atom stereocenters. The molecule has 1 aromatic heterocycles. The summed E-state index contributed by atoms with van der Waals surface area (Å²) >= 11 is 0. The Morgan fingerprint density at radius 2 is 1.87 bits per heavy atom. The normalized spacial score (nSPS) is 10.6. The molecule has 3 aromatic rings. The van der Waals surface area contributed by atoms with Gasteiger partial charge in [-0.15, -0.1) is 0 Å². The Morgan fingerprint density at radius 1 is 1.09 bits per heavy atom. The van der Waals surface area contributed by atoms with Crippen LogP contribution in [0.5, 0.6) is 11.5 Å². The third-order valence-corrected chi connectivity index (χ3v) is 3.76. The van der Waals surface area contributed by atoms with Gasteiger partial charge in [0.1, 0.15) is 11.5 Å². The molecular weight excluding hydrogens is 292 g/mol. The van der Waals surface area contributed by atoms with Gasteiger partial charge in [-0.25, -0.2) is 0 Å². The number of methoxy groups -OCH3 is 2. The molecule has 0 aliphatic heterocycles. The molecule has 5 nitrogen and oxygen atoms in total. The molecule has 0 aliphatic carbocycles. The highest BCUT2D eigenvalue weighted by Gasteiger charge is 2.18. The summed E-state index contributed by atoms with van der Waals surface area (Å²) in [6, 6.07) is 12.9. The van der Waals surface area contributed by atoms with Crippen LogP contribution in [0.25, 0.3) is 10.9 Å². The number of H-pyrrole nitrogens is 1. The number of aromatic amines is 1. The van der Waals surface area contributed by atoms with Crippen molar-refractivity contribution in [1.82, 2.24) is 4.98 Å². The lowest BCUT2D eigenvalue weighted by Crippen LogP contribution is -2.12. The lowest BCUT2D eigenvalue weighted by molar-refractivity contribution is 0.102. The van der Waals surface area contributed by atoms with Crippen molar-refractivity contribution in [3.8, 4) is 11.5 Å². The number of amides is 1. The van der Waals surface area contributed by atoms with E-state index in [-0.39, 0.29) is 5.91 Å². The summed E-state index contributed by atoms with van der Waals surface area (Å²) in [4.78, 5) is 15.9. The van der Waals surface area contributed by atoms with Gasteiger partial charge in [0.15, 0.2) is 0 Å². The summed E-state index contributed by atoms with van der Waals surface area (Å²) in [5, 5.41) is 3.75. The van der Waals surface area contributed by atoms with Gasteiger partial charge in [0.2, 0.25) is 0 Å². The summed E-state index contributed by atoms with van der Waals surface area (Å²) in [5.41, 5.74) is 2.92. The van der Waals surface area contributed by atoms with Crippen LogP contribution in [0.3, 0.4) is 0 Å². The van der Waals surface area contributed by atoms with Crippen LogP contribution < -0.4 is 14.8 Å². The number of carbonyl (C=O) groups is 1. The van der Waals surface area contributed by atoms with Crippen molar-refractivity contribution >= 4 is 22.5 Å². The fourth-order valence-electron chi connectivity index (χ4n) is 2.68. The van der Waals surface area contributed by atoms with Crippen LogP contribution in [0.4, 0.5) is 5.69 Å². The molecule has 0 radical (unpaired) electrons. The van der Waals surface area contributed by atoms with Gasteiger partial charge >= 0.3 is 0 Å². The number of rotatable bonds is 4. The molecule has 1 heterocycles. The first-order valence-corrected chi connectivity index (χ1v) is 7.24. The molecule has 5 heteroatoms. The summed E-state index contributed by atoms with van der Waals surface area (Å²) in [6.45, 7) is 1.87. The van der Waals surface area contributed by atoms with Gasteiger partial charge in [-0.1, -0.05) is 18.2 Å². The molecule has 2 aromatic carbocycles. The Hall–Kier alpha value is -2.95. The van der Waals surface area contributed by atoms with Gasteiger partial charge in [0.25, 0.3) is 5.91 Å². The summed E-state index contributed by atoms with van der Waals surface area (Å²) in [7, 11) is 3.21. The Labute approximate surface area is 134 Å². The lowest BCUT2D eigenvalue weighted by atomic mass is 10.1. The Bertz CT molecular complexity index is 868. The summed E-state index contributed by atoms with van der Waals surface area (Å²) in [6.07, 6.45) is 0. The second-order valence-corrected chi connectivity index (χ2v) is 5.19. The Morgan fingerprint density at radius 3 is 2.61 bits per heavy atom. The highest BCUT2D eigenvalue weighted by atomic mass is 16.5. The van der Waals surface area contributed by atoms with Gasteiger partial charge < -0.3 is 19.8 Å². The van der Waals surface area contributed by atoms with Gasteiger partial charge in [-0.3, -0.25) is 4.79 Å². The molecule has 23 heavy (non-hydrogen) atoms. The third kappa shape index (κ3) is 2.73. The van der Waals surface area contributed by atoms with Crippen LogP contribution in [0.15, 0.2) is 42.5 Å². The standard InChI is InChI=1S/C18H18N2O3/c1-11-16(14-8-5-9-15(23-3)17(14)19-11)18(21)20-12-6-4-7-13(10-12)22-2/h4-10,19H,1-3H3,(H,20,21). The minimum atomic E-state index is -0.171. The van der Waals surface area contributed by atoms with Crippen LogP contribution in [-0.2, 0) is 0 Å². The monoisotopic (exact) mass is 310 g/mol. The average molecular weight is 310 g/mol. The largest absolute Gasteiger partial charge is 0.497 e. The zero-order valence-electron chi connectivity index (χ0n) is 13.3. The molecule has 1 amide bonds. The number of aryl methyl sites for hydroxylation is 1. The van der Waals surface area contributed by atoms with Gasteiger partial charge in [0, 0.05) is 22.8 Å². The smallest absolute Gasteiger partial charge is 0.258 e. The second-order valence-electron chi connectivity index (χ2n) is 5.19. The highest BCUT2D eigenvalue weighted by molar-refractivity contribution is 6.14. The van der Waals surface area contributed by atoms with Gasteiger partial charge in [-0.05, 0) is 25.1 Å². The minimum Gasteiger partial charge on any atom is -0.497 e. The van der Waals surface area contributed by atoms with Crippen LogP contribution in [0, 0.1) is 6.92 Å². The molecular formula is C18H18N2O3. The van der Waals surface area contributed by atoms with Gasteiger partial charge in [-0.2, -0.15) is 0 Å². The first-order chi connectivity index (χ1) is 11.1. The van der Waals surface area contributed by atoms with Crippen LogP contribution in [-0.4, -0.2) is 25.1 Å². The molecule has 0 atom stereocenters. The molecule has 0 fully saturated rings. The average Bonchev–Trinajstić information content (AvgIpc) is 2.90. The highest BCUT2D eigenvalue weighted by Crippen LogP contribution is 2.30. The van der Waals surface area contributed by atoms with Crippen LogP contribution >= 0.6 is 0 Å². The van der Waals surface area contributed by atoms with Crippen molar-refractivity contribution in [2.75, 3.05) is 19.5 Å². The third-order valence-electron chi connectivity index (χ3n) is 3.76. The number of carbonyl (C=O) groups excluding carboxylic acids is 1. The Kier molecular flexibility index (Phi) is 3.93. The fraction of sp³-hybridized carbons (Fsp3) is 0.167. The number of aromatic nitrogens is 1. The van der Waals surface area contributed by atoms with Crippen molar-refractivity contribution < 1.29 is 14.3 Å². The van der Waals surface area contributed by atoms with Crippen molar-refractivity contribution in [1.29, 1.82) is 0 Å². The van der Waals surface area contributed by atoms with E-state index in [1.165, 1.54) is 0 Å². The zero-order valence-corrected chi connectivity index (χ0v) is 13.3. The fourth-order valence-corrected chi connectivity index (χ4v) is 2.68. The lowest BCUT2D eigenvalue weighted by Gasteiger charge is -2.07. The number of benzene rings is 2. The van der Waals surface area contributed by atoms with E-state index in [0.717, 1.165) is 16.6 Å². The van der Waals surface area contributed by atoms with E-state index in [0.29, 0.717) is 22.7 Å². The number of anilines is 1. The molecule has 118 valence electrons. The van der Waals surface area contributed by atoms with E-state index in [1.54, 1.807) is 20.3 Å². The van der Waals surface area contributed by atoms with Crippen molar-refractivity contribution in [2.24, 2.45) is 0 Å². The minimum absolute atomic E-state index is 0.171. The SMILES string of the molecule is COc1cccc(NC(=O)c2c(C)[nH]c3c(OC)cccc23)c1. The van der Waals surface area contributed by atoms with Crippen molar-refractivity contribution in [3.63, 3.8) is 0 Å². The van der Waals surface area contributed by atoms with Crippen LogP contribution in [0.2, 0.25) is 0 Å². The molecule has 0 spiro atoms. The Balaban J connectivity index is 1.99. The number of hydrogen-bond acceptors (Lipinski definition) is 3. The zero-order chi connectivity index (χ0) is 16.4. The first kappa shape index (κ1) is 15.0. The van der Waals surface area contributed by atoms with E-state index in [9.17, 15) is 4.79 Å². The molecule has 0 aliphatic rings. The molecule has 3 rings (SSSR count). The van der Waals surface area contributed by atoms with Gasteiger partial charge in [0.05, 0.1) is 25.3 Å². The van der Waals surface area contributed by atoms with E-state index >= 15 is 0 Å². The quantitative estimate of drug-likeness (QED) is 0.771. The number of ether oxygens (including phenoxy) is 2. The van der Waals surface area contributed by atoms with Crippen LogP contribution in [0.1, 0.15) is 16.1 Å². The van der Waals surface area contributed by atoms with E-state index in [2.05, 4.69) is 10.3 Å². The van der Waals surface area contributed by atoms with E-state index in [4.69, 9.17) is 9.47 Å². The summed E-state index contributed by atoms with van der Waals surface area (Å²) in [5.74, 6) is 1.24. The van der Waals surface area contributed by atoms with Crippen molar-refractivity contribution in [2.45, 2.75) is 6.92 Å². The number of para-hydroxylation sites is 1. The van der Waals surface area contributed by atoms with Crippen molar-refractivity contribution in [3.05, 3.63) is 53.7 Å². The topological polar surface area (TPSA) is 63.3 Å². The predicted octanol–water partition coefficient (Wildman–Crippen LogP) is 3.75. The molecule has 2 N–H and O–H groups in total. The number of fused-ring (bicyclic) bond motifs is 1.